The SMILES string of the molecule is CCCCCOc1ccc(-c2ccc(I)cc2)cc1. The molecule has 0 unspecified atom stereocenters. The minimum Gasteiger partial charge on any atom is -0.494 e. The van der Waals surface area contributed by atoms with Gasteiger partial charge in [0, 0.05) is 3.57 Å². The monoisotopic (exact) mass is 366 g/mol. The Bertz CT molecular complexity index is 488. The van der Waals surface area contributed by atoms with Crippen LogP contribution >= 0.6 is 22.6 Å². The van der Waals surface area contributed by atoms with Gasteiger partial charge in [0.15, 0.2) is 0 Å². The Labute approximate surface area is 129 Å². The molecule has 0 spiro atoms. The third kappa shape index (κ3) is 4.53. The first kappa shape index (κ1) is 14.4. The van der Waals surface area contributed by atoms with Gasteiger partial charge in [-0.1, -0.05) is 44.0 Å². The molecule has 0 fully saturated rings. The predicted octanol–water partition coefficient (Wildman–Crippen LogP) is 5.53. The molecule has 0 aromatic heterocycles. The lowest BCUT2D eigenvalue weighted by atomic mass is 10.1. The van der Waals surface area contributed by atoms with E-state index in [-0.39, 0.29) is 0 Å². The van der Waals surface area contributed by atoms with Crippen LogP contribution in [0.1, 0.15) is 26.2 Å². The molecule has 2 aromatic rings. The average molecular weight is 366 g/mol. The molecule has 0 amide bonds. The summed E-state index contributed by atoms with van der Waals surface area (Å²) in [5, 5.41) is 0. The van der Waals surface area contributed by atoms with E-state index in [1.807, 2.05) is 0 Å². The molecule has 0 aliphatic heterocycles. The molecule has 0 N–H and O–H groups in total. The van der Waals surface area contributed by atoms with Gasteiger partial charge in [0.05, 0.1) is 6.61 Å². The van der Waals surface area contributed by atoms with Crippen LogP contribution in [-0.2, 0) is 0 Å². The predicted molar refractivity (Wildman–Crippen MR) is 89.6 cm³/mol. The maximum atomic E-state index is 5.72. The van der Waals surface area contributed by atoms with E-state index < -0.39 is 0 Å². The molecule has 2 rings (SSSR count). The van der Waals surface area contributed by atoms with Crippen LogP contribution in [0.5, 0.6) is 5.75 Å². The first-order valence-electron chi connectivity index (χ1n) is 6.78. The van der Waals surface area contributed by atoms with Crippen molar-refractivity contribution in [3.8, 4) is 16.9 Å². The Hall–Kier alpha value is -1.03. The van der Waals surface area contributed by atoms with Crippen LogP contribution in [0.25, 0.3) is 11.1 Å². The number of unbranched alkanes of at least 4 members (excludes halogenated alkanes) is 2. The second-order valence-electron chi connectivity index (χ2n) is 4.59. The second kappa shape index (κ2) is 7.53. The topological polar surface area (TPSA) is 9.23 Å². The summed E-state index contributed by atoms with van der Waals surface area (Å²) in [6.45, 7) is 3.02. The summed E-state index contributed by atoms with van der Waals surface area (Å²) >= 11 is 2.32. The quantitative estimate of drug-likeness (QED) is 0.483. The van der Waals surface area contributed by atoms with E-state index in [1.165, 1.54) is 27.5 Å². The van der Waals surface area contributed by atoms with E-state index in [4.69, 9.17) is 4.74 Å². The molecule has 0 atom stereocenters. The highest BCUT2D eigenvalue weighted by molar-refractivity contribution is 14.1. The van der Waals surface area contributed by atoms with E-state index >= 15 is 0 Å². The highest BCUT2D eigenvalue weighted by Crippen LogP contribution is 2.23. The number of ether oxygens (including phenoxy) is 1. The van der Waals surface area contributed by atoms with Crippen molar-refractivity contribution in [2.75, 3.05) is 6.61 Å². The molecular formula is C17H19IO. The number of benzene rings is 2. The molecule has 2 heteroatoms. The van der Waals surface area contributed by atoms with Crippen molar-refractivity contribution in [1.82, 2.24) is 0 Å². The van der Waals surface area contributed by atoms with Crippen molar-refractivity contribution < 1.29 is 4.74 Å². The maximum Gasteiger partial charge on any atom is 0.119 e. The minimum absolute atomic E-state index is 0.816. The molecule has 0 aliphatic rings. The molecule has 0 heterocycles. The smallest absolute Gasteiger partial charge is 0.119 e. The Kier molecular flexibility index (Phi) is 5.70. The van der Waals surface area contributed by atoms with Gasteiger partial charge in [-0.3, -0.25) is 0 Å². The highest BCUT2D eigenvalue weighted by Gasteiger charge is 1.99. The van der Waals surface area contributed by atoms with Gasteiger partial charge in [-0.2, -0.15) is 0 Å². The van der Waals surface area contributed by atoms with E-state index in [0.29, 0.717) is 0 Å². The lowest BCUT2D eigenvalue weighted by Crippen LogP contribution is -1.96. The van der Waals surface area contributed by atoms with Crippen LogP contribution in [0.2, 0.25) is 0 Å². The molecule has 0 radical (unpaired) electrons. The van der Waals surface area contributed by atoms with E-state index in [1.54, 1.807) is 0 Å². The van der Waals surface area contributed by atoms with Gasteiger partial charge >= 0.3 is 0 Å². The van der Waals surface area contributed by atoms with Crippen LogP contribution < -0.4 is 4.74 Å². The fourth-order valence-corrected chi connectivity index (χ4v) is 2.29. The van der Waals surface area contributed by atoms with Crippen LogP contribution in [0.15, 0.2) is 48.5 Å². The van der Waals surface area contributed by atoms with Gasteiger partial charge < -0.3 is 4.74 Å². The number of rotatable bonds is 6. The zero-order valence-electron chi connectivity index (χ0n) is 11.2. The summed E-state index contributed by atoms with van der Waals surface area (Å²) in [7, 11) is 0. The number of halogens is 1. The van der Waals surface area contributed by atoms with Crippen molar-refractivity contribution in [3.63, 3.8) is 0 Å². The van der Waals surface area contributed by atoms with Crippen molar-refractivity contribution in [2.24, 2.45) is 0 Å². The number of hydrogen-bond acceptors (Lipinski definition) is 1. The third-order valence-electron chi connectivity index (χ3n) is 3.05. The summed E-state index contributed by atoms with van der Waals surface area (Å²) in [6.07, 6.45) is 3.60. The van der Waals surface area contributed by atoms with Crippen LogP contribution in [0, 0.1) is 3.57 Å². The van der Waals surface area contributed by atoms with Gasteiger partial charge in [-0.05, 0) is 64.4 Å². The van der Waals surface area contributed by atoms with Crippen LogP contribution in [0.4, 0.5) is 0 Å². The Morgan fingerprint density at radius 1 is 0.842 bits per heavy atom. The van der Waals surface area contributed by atoms with Crippen molar-refractivity contribution in [1.29, 1.82) is 0 Å². The van der Waals surface area contributed by atoms with Crippen LogP contribution in [-0.4, -0.2) is 6.61 Å². The van der Waals surface area contributed by atoms with Crippen molar-refractivity contribution >= 4 is 22.6 Å². The minimum atomic E-state index is 0.816. The summed E-state index contributed by atoms with van der Waals surface area (Å²) in [5.41, 5.74) is 2.48. The van der Waals surface area contributed by atoms with Crippen molar-refractivity contribution in [2.45, 2.75) is 26.2 Å². The lowest BCUT2D eigenvalue weighted by molar-refractivity contribution is 0.306. The molecule has 1 nitrogen and oxygen atoms in total. The summed E-state index contributed by atoms with van der Waals surface area (Å²) in [6, 6.07) is 16.9. The summed E-state index contributed by atoms with van der Waals surface area (Å²) < 4.78 is 6.98. The first-order chi connectivity index (χ1) is 9.29. The molecule has 2 aromatic carbocycles. The van der Waals surface area contributed by atoms with E-state index in [2.05, 4.69) is 78.0 Å². The highest BCUT2D eigenvalue weighted by atomic mass is 127. The fourth-order valence-electron chi connectivity index (χ4n) is 1.93. The normalized spacial score (nSPS) is 10.4. The van der Waals surface area contributed by atoms with Gasteiger partial charge in [0.25, 0.3) is 0 Å². The molecule has 0 bridgehead atoms. The molecular weight excluding hydrogens is 347 g/mol. The van der Waals surface area contributed by atoms with Gasteiger partial charge in [0.1, 0.15) is 5.75 Å². The molecule has 0 saturated heterocycles. The molecule has 0 aliphatic carbocycles. The maximum absolute atomic E-state index is 5.72. The lowest BCUT2D eigenvalue weighted by Gasteiger charge is -2.07. The zero-order valence-corrected chi connectivity index (χ0v) is 13.4. The molecule has 0 saturated carbocycles. The zero-order chi connectivity index (χ0) is 13.5. The second-order valence-corrected chi connectivity index (χ2v) is 5.83. The third-order valence-corrected chi connectivity index (χ3v) is 3.77. The van der Waals surface area contributed by atoms with Crippen LogP contribution in [0.3, 0.4) is 0 Å². The largest absolute Gasteiger partial charge is 0.494 e. The van der Waals surface area contributed by atoms with E-state index in [0.717, 1.165) is 18.8 Å². The van der Waals surface area contributed by atoms with Gasteiger partial charge in [0.2, 0.25) is 0 Å². The Balaban J connectivity index is 1.96. The first-order valence-corrected chi connectivity index (χ1v) is 7.86. The Morgan fingerprint density at radius 2 is 1.42 bits per heavy atom. The molecule has 100 valence electrons. The molecule has 19 heavy (non-hydrogen) atoms. The van der Waals surface area contributed by atoms with Crippen molar-refractivity contribution in [3.05, 3.63) is 52.1 Å². The fraction of sp³-hybridized carbons (Fsp3) is 0.294. The number of hydrogen-bond donors (Lipinski definition) is 0. The summed E-state index contributed by atoms with van der Waals surface area (Å²) in [4.78, 5) is 0. The standard InChI is InChI=1S/C17H19IO/c1-2-3-4-13-19-17-11-7-15(8-12-17)14-5-9-16(18)10-6-14/h5-12H,2-4,13H2,1H3. The summed E-state index contributed by atoms with van der Waals surface area (Å²) in [5.74, 6) is 0.963. The average Bonchev–Trinajstić information content (AvgIpc) is 2.45. The van der Waals surface area contributed by atoms with E-state index in [9.17, 15) is 0 Å². The van der Waals surface area contributed by atoms with Gasteiger partial charge in [-0.25, -0.2) is 0 Å². The van der Waals surface area contributed by atoms with Gasteiger partial charge in [-0.15, -0.1) is 0 Å². The Morgan fingerprint density at radius 3 is 2.00 bits per heavy atom.